The number of benzene rings is 1. The van der Waals surface area contributed by atoms with Gasteiger partial charge in [0.15, 0.2) is 5.78 Å². The summed E-state index contributed by atoms with van der Waals surface area (Å²) in [6.07, 6.45) is 2.03. The Labute approximate surface area is 151 Å². The maximum absolute atomic E-state index is 12.2. The van der Waals surface area contributed by atoms with E-state index in [0.717, 1.165) is 16.6 Å². The Bertz CT molecular complexity index is 973. The van der Waals surface area contributed by atoms with Crippen molar-refractivity contribution >= 4 is 34.8 Å². The van der Waals surface area contributed by atoms with Gasteiger partial charge in [0, 0.05) is 24.4 Å². The third kappa shape index (κ3) is 3.77. The molecule has 0 atom stereocenters. The van der Waals surface area contributed by atoms with Gasteiger partial charge in [0.2, 0.25) is 5.96 Å². The summed E-state index contributed by atoms with van der Waals surface area (Å²) in [6.45, 7) is 5.74. The van der Waals surface area contributed by atoms with Crippen LogP contribution < -0.4 is 5.73 Å². The highest BCUT2D eigenvalue weighted by atomic mass is 16.3. The van der Waals surface area contributed by atoms with Crippen molar-refractivity contribution in [1.29, 1.82) is 0 Å². The van der Waals surface area contributed by atoms with E-state index in [4.69, 9.17) is 5.73 Å². The monoisotopic (exact) mass is 351 g/mol. The zero-order valence-corrected chi connectivity index (χ0v) is 15.0. The number of aliphatic hydroxyl groups excluding tert-OH is 1. The van der Waals surface area contributed by atoms with Crippen LogP contribution in [0.25, 0.3) is 10.9 Å². The van der Waals surface area contributed by atoms with E-state index >= 15 is 0 Å². The number of Topliss-reactive ketones (excluding diaryl/α,β-unsaturated/α-hetero) is 1. The molecule has 1 aliphatic carbocycles. The maximum Gasteiger partial charge on any atom is 0.253 e. The molecule has 2 aromatic rings. The second-order valence-corrected chi connectivity index (χ2v) is 7.16. The molecule has 134 valence electrons. The number of nitrogens with zero attached hydrogens (tertiary/aromatic N) is 4. The SMILES string of the molecule is Cc1nc(/N=C(N)/N=C/C2=C(O)CC(C)(C)CC2=O)nc2ccccc12. The lowest BCUT2D eigenvalue weighted by atomic mass is 9.77. The molecule has 0 bridgehead atoms. The van der Waals surface area contributed by atoms with Crippen molar-refractivity contribution in [1.82, 2.24) is 9.97 Å². The van der Waals surface area contributed by atoms with E-state index in [1.807, 2.05) is 45.0 Å². The van der Waals surface area contributed by atoms with Gasteiger partial charge in [-0.3, -0.25) is 4.79 Å². The second kappa shape index (κ2) is 6.67. The summed E-state index contributed by atoms with van der Waals surface area (Å²) in [6, 6.07) is 7.61. The molecule has 0 fully saturated rings. The van der Waals surface area contributed by atoms with Crippen molar-refractivity contribution in [3.05, 3.63) is 41.3 Å². The summed E-state index contributed by atoms with van der Waals surface area (Å²) in [5.74, 6) is -0.0172. The normalized spacial score (nSPS) is 18.1. The number of hydrogen-bond donors (Lipinski definition) is 2. The number of carbonyl (C=O) groups excluding carboxylic acids is 1. The molecular weight excluding hydrogens is 330 g/mol. The van der Waals surface area contributed by atoms with Crippen LogP contribution in [0.4, 0.5) is 5.95 Å². The Balaban J connectivity index is 1.87. The summed E-state index contributed by atoms with van der Waals surface area (Å²) >= 11 is 0. The predicted octanol–water partition coefficient (Wildman–Crippen LogP) is 3.16. The third-order valence-electron chi connectivity index (χ3n) is 4.22. The molecule has 1 aliphatic rings. The Morgan fingerprint density at radius 1 is 1.27 bits per heavy atom. The molecule has 0 spiro atoms. The average Bonchev–Trinajstić information content (AvgIpc) is 2.53. The van der Waals surface area contributed by atoms with E-state index < -0.39 is 0 Å². The van der Waals surface area contributed by atoms with E-state index in [-0.39, 0.29) is 34.4 Å². The topological polar surface area (TPSA) is 114 Å². The minimum Gasteiger partial charge on any atom is -0.511 e. The Hall–Kier alpha value is -3.09. The first-order valence-electron chi connectivity index (χ1n) is 8.32. The fourth-order valence-electron chi connectivity index (χ4n) is 2.98. The fourth-order valence-corrected chi connectivity index (χ4v) is 2.98. The van der Waals surface area contributed by atoms with E-state index in [0.29, 0.717) is 12.8 Å². The highest BCUT2D eigenvalue weighted by molar-refractivity contribution is 6.16. The lowest BCUT2D eigenvalue weighted by Gasteiger charge is -2.28. The lowest BCUT2D eigenvalue weighted by molar-refractivity contribution is -0.117. The van der Waals surface area contributed by atoms with Crippen molar-refractivity contribution < 1.29 is 9.90 Å². The van der Waals surface area contributed by atoms with Crippen LogP contribution >= 0.6 is 0 Å². The number of aliphatic imine (C=N–C) groups is 2. The van der Waals surface area contributed by atoms with Crippen LogP contribution in [-0.2, 0) is 4.79 Å². The van der Waals surface area contributed by atoms with Crippen LogP contribution in [-0.4, -0.2) is 33.0 Å². The first kappa shape index (κ1) is 17.7. The number of fused-ring (bicyclic) bond motifs is 1. The van der Waals surface area contributed by atoms with Crippen molar-refractivity contribution in [2.45, 2.75) is 33.6 Å². The quantitative estimate of drug-likeness (QED) is 0.637. The molecule has 7 nitrogen and oxygen atoms in total. The second-order valence-electron chi connectivity index (χ2n) is 7.16. The van der Waals surface area contributed by atoms with Gasteiger partial charge in [-0.2, -0.15) is 4.99 Å². The number of nitrogens with two attached hydrogens (primary N) is 1. The number of aryl methyl sites for hydroxylation is 1. The molecule has 0 amide bonds. The Morgan fingerprint density at radius 2 is 2.00 bits per heavy atom. The van der Waals surface area contributed by atoms with Crippen molar-refractivity contribution in [2.24, 2.45) is 21.1 Å². The molecule has 1 heterocycles. The molecule has 3 rings (SSSR count). The molecule has 0 radical (unpaired) electrons. The van der Waals surface area contributed by atoms with Gasteiger partial charge in [0.25, 0.3) is 5.95 Å². The van der Waals surface area contributed by atoms with Crippen molar-refractivity contribution in [3.63, 3.8) is 0 Å². The molecule has 0 unspecified atom stereocenters. The predicted molar refractivity (Wildman–Crippen MR) is 102 cm³/mol. The average molecular weight is 351 g/mol. The smallest absolute Gasteiger partial charge is 0.253 e. The summed E-state index contributed by atoms with van der Waals surface area (Å²) < 4.78 is 0. The number of aromatic nitrogens is 2. The van der Waals surface area contributed by atoms with Gasteiger partial charge in [-0.05, 0) is 18.4 Å². The van der Waals surface area contributed by atoms with Gasteiger partial charge in [-0.1, -0.05) is 32.0 Å². The number of hydrogen-bond acceptors (Lipinski definition) is 5. The van der Waals surface area contributed by atoms with Crippen LogP contribution in [0.3, 0.4) is 0 Å². The summed E-state index contributed by atoms with van der Waals surface area (Å²) in [5.41, 5.74) is 7.29. The van der Waals surface area contributed by atoms with Crippen molar-refractivity contribution in [2.75, 3.05) is 0 Å². The molecular formula is C19H21N5O2. The minimum absolute atomic E-state index is 0.0283. The molecule has 0 saturated heterocycles. The molecule has 1 aromatic carbocycles. The number of carbonyl (C=O) groups is 1. The molecule has 0 saturated carbocycles. The number of allylic oxidation sites excluding steroid dienone is 2. The van der Waals surface area contributed by atoms with E-state index in [1.165, 1.54) is 6.21 Å². The number of aliphatic hydroxyl groups is 1. The standard InChI is InChI=1S/C19H21N5O2/c1-11-12-6-4-5-7-14(12)23-18(22-11)24-17(20)21-10-13-15(25)8-19(2,3)9-16(13)26/h4-7,10,25H,8-9H2,1-3H3,(H2,20,22,23,24)/b21-10+. The molecule has 3 N–H and O–H groups in total. The molecule has 1 aromatic heterocycles. The highest BCUT2D eigenvalue weighted by Gasteiger charge is 2.32. The van der Waals surface area contributed by atoms with Gasteiger partial charge >= 0.3 is 0 Å². The van der Waals surface area contributed by atoms with E-state index in [2.05, 4.69) is 20.0 Å². The Kier molecular flexibility index (Phi) is 4.54. The number of guanidine groups is 1. The number of para-hydroxylation sites is 1. The number of rotatable bonds is 2. The summed E-state index contributed by atoms with van der Waals surface area (Å²) in [4.78, 5) is 28.9. The van der Waals surface area contributed by atoms with Gasteiger partial charge < -0.3 is 10.8 Å². The van der Waals surface area contributed by atoms with E-state index in [9.17, 15) is 9.90 Å². The summed E-state index contributed by atoms with van der Waals surface area (Å²) in [7, 11) is 0. The van der Waals surface area contributed by atoms with Crippen molar-refractivity contribution in [3.8, 4) is 0 Å². The van der Waals surface area contributed by atoms with E-state index in [1.54, 1.807) is 0 Å². The third-order valence-corrected chi connectivity index (χ3v) is 4.22. The van der Waals surface area contributed by atoms with Crippen LogP contribution in [0.2, 0.25) is 0 Å². The zero-order valence-electron chi connectivity index (χ0n) is 15.0. The molecule has 26 heavy (non-hydrogen) atoms. The first-order chi connectivity index (χ1) is 12.2. The largest absolute Gasteiger partial charge is 0.511 e. The van der Waals surface area contributed by atoms with Gasteiger partial charge in [0.1, 0.15) is 5.76 Å². The van der Waals surface area contributed by atoms with Crippen LogP contribution in [0.1, 0.15) is 32.4 Å². The van der Waals surface area contributed by atoms with Crippen LogP contribution in [0, 0.1) is 12.3 Å². The maximum atomic E-state index is 12.2. The number of ketones is 1. The lowest BCUT2D eigenvalue weighted by Crippen LogP contribution is -2.26. The Morgan fingerprint density at radius 3 is 2.73 bits per heavy atom. The fraction of sp³-hybridized carbons (Fsp3) is 0.316. The highest BCUT2D eigenvalue weighted by Crippen LogP contribution is 2.35. The van der Waals surface area contributed by atoms with Gasteiger partial charge in [-0.25, -0.2) is 15.0 Å². The first-order valence-corrected chi connectivity index (χ1v) is 8.32. The van der Waals surface area contributed by atoms with Crippen LogP contribution in [0.5, 0.6) is 0 Å². The molecule has 0 aliphatic heterocycles. The summed E-state index contributed by atoms with van der Waals surface area (Å²) in [5, 5.41) is 11.0. The van der Waals surface area contributed by atoms with Crippen LogP contribution in [0.15, 0.2) is 45.6 Å². The van der Waals surface area contributed by atoms with Gasteiger partial charge in [0.05, 0.1) is 16.8 Å². The zero-order chi connectivity index (χ0) is 18.9. The molecule has 7 heteroatoms. The van der Waals surface area contributed by atoms with Gasteiger partial charge in [-0.15, -0.1) is 0 Å². The minimum atomic E-state index is -0.255.